The number of rotatable bonds is 6. The molecule has 156 valence electrons. The Balaban J connectivity index is 1.35. The van der Waals surface area contributed by atoms with E-state index in [9.17, 15) is 10.2 Å². The van der Waals surface area contributed by atoms with Crippen molar-refractivity contribution in [3.63, 3.8) is 0 Å². The summed E-state index contributed by atoms with van der Waals surface area (Å²) in [7, 11) is 0. The average Bonchev–Trinajstić information content (AvgIpc) is 3.48. The highest BCUT2D eigenvalue weighted by Gasteiger charge is 2.30. The third-order valence-corrected chi connectivity index (χ3v) is 6.30. The number of imidazole rings is 1. The van der Waals surface area contributed by atoms with Crippen LogP contribution < -0.4 is 0 Å². The maximum absolute atomic E-state index is 10.6. The molecule has 4 aromatic rings. The van der Waals surface area contributed by atoms with Gasteiger partial charge in [0.05, 0.1) is 28.8 Å². The molecule has 3 N–H and O–H groups in total. The van der Waals surface area contributed by atoms with Crippen LogP contribution in [0.15, 0.2) is 65.7 Å². The smallest absolute Gasteiger partial charge is 0.135 e. The molecule has 0 atom stereocenters. The average molecular weight is 432 g/mol. The van der Waals surface area contributed by atoms with Crippen molar-refractivity contribution < 1.29 is 10.2 Å². The zero-order valence-corrected chi connectivity index (χ0v) is 17.5. The van der Waals surface area contributed by atoms with Crippen molar-refractivity contribution >= 4 is 33.8 Å². The van der Waals surface area contributed by atoms with Crippen LogP contribution >= 0.6 is 11.3 Å². The Hall–Kier alpha value is -3.49. The molecule has 0 aliphatic carbocycles. The Labute approximate surface area is 183 Å². The van der Waals surface area contributed by atoms with Gasteiger partial charge in [0.25, 0.3) is 0 Å². The lowest BCUT2D eigenvalue weighted by atomic mass is 10.2. The number of aliphatic hydroxyl groups is 2. The first kappa shape index (κ1) is 19.5. The van der Waals surface area contributed by atoms with E-state index in [0.717, 1.165) is 22.3 Å². The van der Waals surface area contributed by atoms with Crippen LogP contribution in [0.3, 0.4) is 0 Å². The Morgan fingerprint density at radius 1 is 1.00 bits per heavy atom. The molecule has 0 unspecified atom stereocenters. The third kappa shape index (κ3) is 3.49. The van der Waals surface area contributed by atoms with Crippen LogP contribution in [0.25, 0.3) is 27.9 Å². The summed E-state index contributed by atoms with van der Waals surface area (Å²) in [6.45, 7) is 1.18. The molecule has 0 fully saturated rings. The number of amidine groups is 1. The highest BCUT2D eigenvalue weighted by molar-refractivity contribution is 7.11. The van der Waals surface area contributed by atoms with Crippen LogP contribution in [0, 0.1) is 5.41 Å². The van der Waals surface area contributed by atoms with E-state index in [4.69, 9.17) is 5.41 Å². The topological polar surface area (TPSA) is 98.3 Å². The first-order valence-corrected chi connectivity index (χ1v) is 10.9. The van der Waals surface area contributed by atoms with Gasteiger partial charge in [-0.15, -0.1) is 11.3 Å². The van der Waals surface area contributed by atoms with E-state index in [-0.39, 0.29) is 24.7 Å². The zero-order chi connectivity index (χ0) is 21.4. The summed E-state index contributed by atoms with van der Waals surface area (Å²) >= 11 is 1.43. The Kier molecular flexibility index (Phi) is 5.01. The number of thiazole rings is 1. The fraction of sp³-hybridized carbons (Fsp3) is 0.174. The number of hydrogen-bond donors (Lipinski definition) is 3. The molecule has 0 saturated heterocycles. The number of hydrogen-bond acceptors (Lipinski definition) is 6. The Morgan fingerprint density at radius 2 is 1.77 bits per heavy atom. The molecule has 1 aliphatic rings. The van der Waals surface area contributed by atoms with Gasteiger partial charge in [0, 0.05) is 24.0 Å². The summed E-state index contributed by atoms with van der Waals surface area (Å²) < 4.78 is 1.97. The van der Waals surface area contributed by atoms with Crippen molar-refractivity contribution in [1.29, 1.82) is 5.41 Å². The monoisotopic (exact) mass is 431 g/mol. The standard InChI is InChI=1S/C23H21N5O2S/c24-22-21(23-26-17(14-31-23)15-6-2-1-3-7-15)19(30)12-27(22)10-11-28-18-9-5-4-8-16(18)25-20(28)13-29/h1-9,14,24,29-30H,10-13H2. The van der Waals surface area contributed by atoms with E-state index in [1.54, 1.807) is 0 Å². The van der Waals surface area contributed by atoms with Crippen LogP contribution in [0.4, 0.5) is 0 Å². The largest absolute Gasteiger partial charge is 0.510 e. The van der Waals surface area contributed by atoms with Crippen LogP contribution in [-0.2, 0) is 13.2 Å². The van der Waals surface area contributed by atoms with Crippen LogP contribution in [0.5, 0.6) is 0 Å². The van der Waals surface area contributed by atoms with Gasteiger partial charge in [0.15, 0.2) is 0 Å². The van der Waals surface area contributed by atoms with Gasteiger partial charge in [0.2, 0.25) is 0 Å². The van der Waals surface area contributed by atoms with Gasteiger partial charge in [-0.3, -0.25) is 5.41 Å². The van der Waals surface area contributed by atoms with Crippen molar-refractivity contribution in [1.82, 2.24) is 19.4 Å². The lowest BCUT2D eigenvalue weighted by Gasteiger charge is -2.19. The van der Waals surface area contributed by atoms with Crippen molar-refractivity contribution in [2.24, 2.45) is 0 Å². The molecule has 0 bridgehead atoms. The minimum absolute atomic E-state index is 0.151. The summed E-state index contributed by atoms with van der Waals surface area (Å²) in [5.74, 6) is 1.02. The quantitative estimate of drug-likeness (QED) is 0.430. The zero-order valence-electron chi connectivity index (χ0n) is 16.7. The van der Waals surface area contributed by atoms with E-state index >= 15 is 0 Å². The second-order valence-electron chi connectivity index (χ2n) is 7.32. The number of para-hydroxylation sites is 2. The first-order chi connectivity index (χ1) is 15.2. The van der Waals surface area contributed by atoms with E-state index in [1.165, 1.54) is 11.3 Å². The fourth-order valence-electron chi connectivity index (χ4n) is 3.90. The molecule has 3 heterocycles. The molecule has 31 heavy (non-hydrogen) atoms. The predicted molar refractivity (Wildman–Crippen MR) is 122 cm³/mol. The molecule has 5 rings (SSSR count). The molecule has 0 spiro atoms. The number of aliphatic hydroxyl groups excluding tert-OH is 2. The lowest BCUT2D eigenvalue weighted by molar-refractivity contribution is 0.263. The van der Waals surface area contributed by atoms with E-state index in [1.807, 2.05) is 69.4 Å². The molecule has 8 heteroatoms. The van der Waals surface area contributed by atoms with Crippen molar-refractivity contribution in [2.45, 2.75) is 13.2 Å². The number of aromatic nitrogens is 3. The summed E-state index contributed by atoms with van der Waals surface area (Å²) in [5, 5.41) is 31.5. The first-order valence-electron chi connectivity index (χ1n) is 9.98. The lowest BCUT2D eigenvalue weighted by Crippen LogP contribution is -2.30. The number of nitrogens with zero attached hydrogens (tertiary/aromatic N) is 4. The molecule has 1 aliphatic heterocycles. The maximum Gasteiger partial charge on any atom is 0.135 e. The molecule has 0 amide bonds. The number of nitrogens with one attached hydrogen (secondary N) is 1. The summed E-state index contributed by atoms with van der Waals surface area (Å²) in [4.78, 5) is 11.0. The predicted octanol–water partition coefficient (Wildman–Crippen LogP) is 3.91. The van der Waals surface area contributed by atoms with Crippen LogP contribution in [0.2, 0.25) is 0 Å². The molecule has 2 aromatic heterocycles. The SMILES string of the molecule is N=C1C(c2nc(-c3ccccc3)cs2)=C(O)CN1CCn1c(CO)nc2ccccc21. The van der Waals surface area contributed by atoms with Crippen molar-refractivity contribution in [2.75, 3.05) is 13.1 Å². The van der Waals surface area contributed by atoms with Gasteiger partial charge >= 0.3 is 0 Å². The summed E-state index contributed by atoms with van der Waals surface area (Å²) in [6, 6.07) is 17.6. The van der Waals surface area contributed by atoms with E-state index in [0.29, 0.717) is 29.5 Å². The van der Waals surface area contributed by atoms with Gasteiger partial charge in [-0.1, -0.05) is 42.5 Å². The van der Waals surface area contributed by atoms with Crippen LogP contribution in [0.1, 0.15) is 10.8 Å². The maximum atomic E-state index is 10.6. The molecule has 2 aromatic carbocycles. The molecule has 0 saturated carbocycles. The molecule has 0 radical (unpaired) electrons. The molecular formula is C23H21N5O2S. The number of benzene rings is 2. The Morgan fingerprint density at radius 3 is 2.58 bits per heavy atom. The van der Waals surface area contributed by atoms with Crippen molar-refractivity contribution in [3.8, 4) is 11.3 Å². The van der Waals surface area contributed by atoms with Gasteiger partial charge in [-0.05, 0) is 12.1 Å². The van der Waals surface area contributed by atoms with Gasteiger partial charge in [-0.25, -0.2) is 9.97 Å². The highest BCUT2D eigenvalue weighted by Crippen LogP contribution is 2.32. The van der Waals surface area contributed by atoms with Gasteiger partial charge in [-0.2, -0.15) is 0 Å². The van der Waals surface area contributed by atoms with Crippen LogP contribution in [-0.4, -0.2) is 48.6 Å². The molecule has 7 nitrogen and oxygen atoms in total. The second-order valence-corrected chi connectivity index (χ2v) is 8.18. The van der Waals surface area contributed by atoms with E-state index < -0.39 is 0 Å². The number of fused-ring (bicyclic) bond motifs is 1. The highest BCUT2D eigenvalue weighted by atomic mass is 32.1. The van der Waals surface area contributed by atoms with Gasteiger partial charge < -0.3 is 19.7 Å². The molecular weight excluding hydrogens is 410 g/mol. The van der Waals surface area contributed by atoms with Crippen molar-refractivity contribution in [3.05, 3.63) is 76.6 Å². The Bertz CT molecular complexity index is 1290. The van der Waals surface area contributed by atoms with E-state index in [2.05, 4.69) is 9.97 Å². The summed E-state index contributed by atoms with van der Waals surface area (Å²) in [6.07, 6.45) is 0. The second kappa shape index (κ2) is 7.98. The minimum Gasteiger partial charge on any atom is -0.510 e. The third-order valence-electron chi connectivity index (χ3n) is 5.44. The fourth-order valence-corrected chi connectivity index (χ4v) is 4.79. The summed E-state index contributed by atoms with van der Waals surface area (Å²) in [5.41, 5.74) is 4.12. The minimum atomic E-state index is -0.151. The van der Waals surface area contributed by atoms with Gasteiger partial charge in [0.1, 0.15) is 29.0 Å². The normalized spacial score (nSPS) is 14.2.